The number of halogens is 3. The van der Waals surface area contributed by atoms with Gasteiger partial charge in [0.15, 0.2) is 11.5 Å². The second-order valence-corrected chi connectivity index (χ2v) is 13.2. The summed E-state index contributed by atoms with van der Waals surface area (Å²) in [4.78, 5) is 28.8. The molecule has 1 saturated carbocycles. The molecule has 0 unspecified atom stereocenters. The molecule has 1 fully saturated rings. The van der Waals surface area contributed by atoms with Crippen LogP contribution in [-0.2, 0) is 22.7 Å². The molecule has 9 nitrogen and oxygen atoms in total. The topological polar surface area (TPSA) is 129 Å². The number of hydrogen-bond donors (Lipinski definition) is 4. The third-order valence-electron chi connectivity index (χ3n) is 8.26. The number of benzene rings is 2. The second-order valence-electron chi connectivity index (χ2n) is 11.2. The number of amides is 2. The molecule has 0 radical (unpaired) electrons. The van der Waals surface area contributed by atoms with Crippen molar-refractivity contribution in [3.63, 3.8) is 0 Å². The van der Waals surface area contributed by atoms with E-state index in [2.05, 4.69) is 27.9 Å². The molecule has 2 aromatic rings. The van der Waals surface area contributed by atoms with E-state index in [0.717, 1.165) is 19.3 Å². The summed E-state index contributed by atoms with van der Waals surface area (Å²) < 4.78 is 12.5. The molecule has 2 aromatic carbocycles. The highest BCUT2D eigenvalue weighted by molar-refractivity contribution is 14.1. The van der Waals surface area contributed by atoms with E-state index in [-0.39, 0.29) is 38.6 Å². The minimum absolute atomic E-state index is 0.0493. The van der Waals surface area contributed by atoms with E-state index in [1.807, 2.05) is 0 Å². The minimum atomic E-state index is -1.22. The van der Waals surface area contributed by atoms with E-state index in [1.54, 1.807) is 41.3 Å². The molecule has 4 rings (SSSR count). The fourth-order valence-electron chi connectivity index (χ4n) is 5.89. The number of aliphatic hydroxyl groups excluding tert-OH is 3. The summed E-state index contributed by atoms with van der Waals surface area (Å²) >= 11 is 14.7. The van der Waals surface area contributed by atoms with Gasteiger partial charge < -0.3 is 35.0 Å². The maximum Gasteiger partial charge on any atom is 0.247 e. The lowest BCUT2D eigenvalue weighted by Gasteiger charge is -2.41. The number of aliphatic hydroxyl groups is 3. The van der Waals surface area contributed by atoms with Crippen LogP contribution in [0.2, 0.25) is 10.0 Å². The zero-order valence-electron chi connectivity index (χ0n) is 24.6. The highest BCUT2D eigenvalue weighted by Gasteiger charge is 2.41. The monoisotopic (exact) mass is 760 g/mol. The normalized spacial score (nSPS) is 20.2. The molecule has 240 valence electrons. The Hall–Kier alpha value is -2.09. The number of hydrogen-bond acceptors (Lipinski definition) is 7. The molecule has 0 saturated heterocycles. The fraction of sp³-hybridized carbons (Fsp3) is 0.500. The Morgan fingerprint density at radius 1 is 1.14 bits per heavy atom. The average Bonchev–Trinajstić information content (AvgIpc) is 3.54. The summed E-state index contributed by atoms with van der Waals surface area (Å²) in [5.74, 6) is 0.601. The quantitative estimate of drug-likeness (QED) is 0.212. The van der Waals surface area contributed by atoms with Crippen LogP contribution in [0.4, 0.5) is 0 Å². The molecule has 0 heterocycles. The summed E-state index contributed by atoms with van der Waals surface area (Å²) in [5.41, 5.74) is 1.60. The molecule has 0 aliphatic heterocycles. The molecule has 2 aliphatic rings. The summed E-state index contributed by atoms with van der Waals surface area (Å²) in [6, 6.07) is 7.62. The molecule has 4 N–H and O–H groups in total. The molecule has 2 amide bonds. The van der Waals surface area contributed by atoms with E-state index < -0.39 is 24.2 Å². The molecule has 44 heavy (non-hydrogen) atoms. The van der Waals surface area contributed by atoms with Gasteiger partial charge in [-0.2, -0.15) is 0 Å². The van der Waals surface area contributed by atoms with Crippen molar-refractivity contribution in [3.8, 4) is 11.5 Å². The molecule has 0 spiro atoms. The third-order valence-corrected chi connectivity index (χ3v) is 9.65. The van der Waals surface area contributed by atoms with Gasteiger partial charge in [0.05, 0.1) is 29.9 Å². The first-order valence-corrected chi connectivity index (χ1v) is 16.6. The van der Waals surface area contributed by atoms with Crippen molar-refractivity contribution < 1.29 is 34.4 Å². The Morgan fingerprint density at radius 2 is 1.89 bits per heavy atom. The van der Waals surface area contributed by atoms with Gasteiger partial charge in [0.25, 0.3) is 0 Å². The van der Waals surface area contributed by atoms with E-state index in [1.165, 1.54) is 20.0 Å². The van der Waals surface area contributed by atoms with Gasteiger partial charge in [0, 0.05) is 41.5 Å². The van der Waals surface area contributed by atoms with Gasteiger partial charge in [-0.15, -0.1) is 0 Å². The molecular weight excluding hydrogens is 722 g/mol. The van der Waals surface area contributed by atoms with Crippen molar-refractivity contribution in [3.05, 3.63) is 66.7 Å². The van der Waals surface area contributed by atoms with Crippen LogP contribution in [0.15, 0.2) is 42.0 Å². The lowest BCUT2D eigenvalue weighted by Crippen LogP contribution is -2.54. The summed E-state index contributed by atoms with van der Waals surface area (Å²) in [6.45, 7) is -0.279. The van der Waals surface area contributed by atoms with Crippen LogP contribution in [0.25, 0.3) is 0 Å². The number of carbonyl (C=O) groups excluding carboxylic acids is 2. The highest BCUT2D eigenvalue weighted by Crippen LogP contribution is 2.38. The van der Waals surface area contributed by atoms with Crippen molar-refractivity contribution in [2.45, 2.75) is 76.3 Å². The van der Waals surface area contributed by atoms with Gasteiger partial charge in [0.1, 0.15) is 12.2 Å². The molecule has 0 bridgehead atoms. The average molecular weight is 761 g/mol. The number of nitrogens with zero attached hydrogens (tertiary/aromatic N) is 1. The van der Waals surface area contributed by atoms with Crippen LogP contribution in [0.1, 0.15) is 56.1 Å². The first-order valence-electron chi connectivity index (χ1n) is 14.8. The number of carbonyl (C=O) groups is 2. The smallest absolute Gasteiger partial charge is 0.247 e. The van der Waals surface area contributed by atoms with E-state index in [9.17, 15) is 24.9 Å². The van der Waals surface area contributed by atoms with Crippen molar-refractivity contribution in [1.29, 1.82) is 0 Å². The van der Waals surface area contributed by atoms with Crippen LogP contribution >= 0.6 is 45.8 Å². The number of nitrogens with one attached hydrogen (secondary N) is 1. The third kappa shape index (κ3) is 8.79. The number of methoxy groups -OCH3 is 1. The minimum Gasteiger partial charge on any atom is -0.493 e. The molecule has 0 aromatic heterocycles. The number of ether oxygens (including phenoxy) is 2. The molecular formula is C32H39Cl2IN2O7. The summed E-state index contributed by atoms with van der Waals surface area (Å²) in [5, 5.41) is 34.3. The Balaban J connectivity index is 1.71. The first-order chi connectivity index (χ1) is 21.1. The zero-order chi connectivity index (χ0) is 31.8. The lowest BCUT2D eigenvalue weighted by molar-refractivity contribution is -0.139. The Labute approximate surface area is 281 Å². The van der Waals surface area contributed by atoms with Crippen LogP contribution in [0.5, 0.6) is 11.5 Å². The SMILES string of the molecule is COc1cc(CO)cc(I)c1O[C@H]1C=C(C(=O)NCCO)C[C@@H](N(Cc2ccc(Cl)cc2Cl)C(=O)CCC2CCCC2)[C@@H]1O. The lowest BCUT2D eigenvalue weighted by atomic mass is 9.87. The van der Waals surface area contributed by atoms with Gasteiger partial charge in [0.2, 0.25) is 11.8 Å². The second kappa shape index (κ2) is 16.5. The Kier molecular flexibility index (Phi) is 13.0. The van der Waals surface area contributed by atoms with Crippen LogP contribution in [0.3, 0.4) is 0 Å². The van der Waals surface area contributed by atoms with Gasteiger partial charge >= 0.3 is 0 Å². The predicted octanol–water partition coefficient (Wildman–Crippen LogP) is 5.01. The van der Waals surface area contributed by atoms with Gasteiger partial charge in [-0.3, -0.25) is 9.59 Å². The Bertz CT molecular complexity index is 1350. The highest BCUT2D eigenvalue weighted by atomic mass is 127. The van der Waals surface area contributed by atoms with Crippen molar-refractivity contribution in [2.75, 3.05) is 20.3 Å². The van der Waals surface area contributed by atoms with Gasteiger partial charge in [-0.25, -0.2) is 0 Å². The predicted molar refractivity (Wildman–Crippen MR) is 177 cm³/mol. The molecule has 12 heteroatoms. The summed E-state index contributed by atoms with van der Waals surface area (Å²) in [7, 11) is 1.48. The van der Waals surface area contributed by atoms with Crippen LogP contribution < -0.4 is 14.8 Å². The standard InChI is InChI=1S/C32H39Cl2IN2O7/c1-43-28-13-20(18-39)12-25(35)31(28)44-27-15-22(32(42)36-10-11-38)14-26(30(27)41)37(17-21-7-8-23(33)16-24(21)34)29(40)9-6-19-4-2-3-5-19/h7-8,12-13,15-16,19,26-27,30,38-39,41H,2-6,9-11,14,17-18H2,1H3,(H,36,42)/t26-,27+,30+/m1/s1. The van der Waals surface area contributed by atoms with Crippen molar-refractivity contribution in [2.24, 2.45) is 5.92 Å². The van der Waals surface area contributed by atoms with E-state index >= 15 is 0 Å². The zero-order valence-corrected chi connectivity index (χ0v) is 28.3. The van der Waals surface area contributed by atoms with Gasteiger partial charge in [-0.05, 0) is 76.4 Å². The van der Waals surface area contributed by atoms with Crippen molar-refractivity contribution in [1.82, 2.24) is 10.2 Å². The fourth-order valence-corrected chi connectivity index (χ4v) is 7.15. The van der Waals surface area contributed by atoms with Crippen LogP contribution in [-0.4, -0.2) is 70.5 Å². The van der Waals surface area contributed by atoms with Gasteiger partial charge in [-0.1, -0.05) is 55.0 Å². The first kappa shape index (κ1) is 34.8. The number of rotatable bonds is 13. The summed E-state index contributed by atoms with van der Waals surface area (Å²) in [6.07, 6.45) is 4.96. The van der Waals surface area contributed by atoms with E-state index in [0.29, 0.717) is 54.2 Å². The maximum absolute atomic E-state index is 14.0. The molecule has 2 aliphatic carbocycles. The maximum atomic E-state index is 14.0. The van der Waals surface area contributed by atoms with Crippen LogP contribution in [0, 0.1) is 9.49 Å². The van der Waals surface area contributed by atoms with E-state index in [4.69, 9.17) is 32.7 Å². The molecule has 3 atom stereocenters. The Morgan fingerprint density at radius 3 is 2.55 bits per heavy atom. The van der Waals surface area contributed by atoms with Crippen molar-refractivity contribution >= 4 is 57.6 Å². The largest absolute Gasteiger partial charge is 0.493 e.